The number of esters is 1. The molecule has 6 heteroatoms. The summed E-state index contributed by atoms with van der Waals surface area (Å²) in [5.74, 6) is -0.0583. The van der Waals surface area contributed by atoms with Gasteiger partial charge in [0.15, 0.2) is 0 Å². The first kappa shape index (κ1) is 73.1. The molecular formula is C69H131NO5. The summed E-state index contributed by atoms with van der Waals surface area (Å²) >= 11 is 0. The lowest BCUT2D eigenvalue weighted by atomic mass is 10.0. The summed E-state index contributed by atoms with van der Waals surface area (Å²) in [7, 11) is 0. The maximum Gasteiger partial charge on any atom is 0.305 e. The van der Waals surface area contributed by atoms with E-state index in [0.29, 0.717) is 19.4 Å². The van der Waals surface area contributed by atoms with Gasteiger partial charge in [-0.1, -0.05) is 314 Å². The number of hydrogen-bond acceptors (Lipinski definition) is 5. The van der Waals surface area contributed by atoms with Crippen molar-refractivity contribution in [1.29, 1.82) is 0 Å². The van der Waals surface area contributed by atoms with E-state index >= 15 is 0 Å². The van der Waals surface area contributed by atoms with Gasteiger partial charge in [-0.25, -0.2) is 0 Å². The van der Waals surface area contributed by atoms with Gasteiger partial charge < -0.3 is 20.3 Å². The predicted octanol–water partition coefficient (Wildman–Crippen LogP) is 21.5. The van der Waals surface area contributed by atoms with Crippen molar-refractivity contribution < 1.29 is 24.5 Å². The van der Waals surface area contributed by atoms with Crippen LogP contribution in [0.1, 0.15) is 367 Å². The highest BCUT2D eigenvalue weighted by atomic mass is 16.5. The lowest BCUT2D eigenvalue weighted by Gasteiger charge is -2.20. The van der Waals surface area contributed by atoms with Gasteiger partial charge >= 0.3 is 5.97 Å². The van der Waals surface area contributed by atoms with Crippen LogP contribution in [-0.2, 0) is 14.3 Å². The van der Waals surface area contributed by atoms with Crippen LogP contribution in [0.2, 0.25) is 0 Å². The lowest BCUT2D eigenvalue weighted by Crippen LogP contribution is -2.45. The Labute approximate surface area is 468 Å². The highest BCUT2D eigenvalue weighted by Crippen LogP contribution is 2.18. The van der Waals surface area contributed by atoms with E-state index < -0.39 is 12.1 Å². The fraction of sp³-hybridized carbons (Fsp3) is 0.884. The average molecular weight is 1050 g/mol. The number of carbonyl (C=O) groups is 2. The molecule has 442 valence electrons. The SMILES string of the molecule is CCCC/C=C\CCCCCCCC(=O)OCCCCCCCCCCCCCC/C=C\CCCCCCCCCCCCCCCCC(=O)NC(CO)C(O)/C=C/CCCCCCCCCCCCCCCCC. The van der Waals surface area contributed by atoms with Crippen molar-refractivity contribution in [3.8, 4) is 0 Å². The number of amides is 1. The topological polar surface area (TPSA) is 95.9 Å². The summed E-state index contributed by atoms with van der Waals surface area (Å²) in [6.45, 7) is 4.89. The quantitative estimate of drug-likeness (QED) is 0.0320. The summed E-state index contributed by atoms with van der Waals surface area (Å²) in [5, 5.41) is 23.2. The number of carbonyl (C=O) groups excluding carboxylic acids is 2. The molecule has 0 fully saturated rings. The van der Waals surface area contributed by atoms with Crippen LogP contribution >= 0.6 is 0 Å². The Bertz CT molecular complexity index is 1210. The molecule has 0 aromatic rings. The minimum atomic E-state index is -0.844. The first-order valence-corrected chi connectivity index (χ1v) is 33.8. The number of rotatable bonds is 63. The second kappa shape index (κ2) is 64.6. The van der Waals surface area contributed by atoms with Gasteiger partial charge in [0, 0.05) is 12.8 Å². The highest BCUT2D eigenvalue weighted by molar-refractivity contribution is 5.76. The third kappa shape index (κ3) is 61.2. The number of allylic oxidation sites excluding steroid dienone is 5. The predicted molar refractivity (Wildman–Crippen MR) is 329 cm³/mol. The van der Waals surface area contributed by atoms with E-state index in [1.165, 1.54) is 295 Å². The maximum atomic E-state index is 12.5. The van der Waals surface area contributed by atoms with E-state index in [-0.39, 0.29) is 18.5 Å². The van der Waals surface area contributed by atoms with Gasteiger partial charge in [-0.15, -0.1) is 0 Å². The maximum absolute atomic E-state index is 12.5. The van der Waals surface area contributed by atoms with Crippen molar-refractivity contribution in [3.05, 3.63) is 36.5 Å². The minimum absolute atomic E-state index is 0.00576. The van der Waals surface area contributed by atoms with Crippen LogP contribution in [-0.4, -0.2) is 47.4 Å². The summed E-state index contributed by atoms with van der Waals surface area (Å²) in [5.41, 5.74) is 0. The molecule has 0 aromatic carbocycles. The third-order valence-corrected chi connectivity index (χ3v) is 15.6. The van der Waals surface area contributed by atoms with Gasteiger partial charge in [0.05, 0.1) is 25.4 Å². The Kier molecular flexibility index (Phi) is 63.0. The van der Waals surface area contributed by atoms with Crippen LogP contribution in [0.4, 0.5) is 0 Å². The van der Waals surface area contributed by atoms with Gasteiger partial charge in [0.1, 0.15) is 0 Å². The second-order valence-electron chi connectivity index (χ2n) is 23.1. The number of unbranched alkanes of at least 4 members (excludes halogenated alkanes) is 48. The highest BCUT2D eigenvalue weighted by Gasteiger charge is 2.18. The Balaban J connectivity index is 3.39. The van der Waals surface area contributed by atoms with E-state index in [9.17, 15) is 19.8 Å². The lowest BCUT2D eigenvalue weighted by molar-refractivity contribution is -0.143. The van der Waals surface area contributed by atoms with Gasteiger partial charge in [-0.05, 0) is 77.0 Å². The van der Waals surface area contributed by atoms with Gasteiger partial charge in [0.2, 0.25) is 5.91 Å². The zero-order valence-electron chi connectivity index (χ0n) is 50.5. The fourth-order valence-corrected chi connectivity index (χ4v) is 10.4. The summed E-state index contributed by atoms with van der Waals surface area (Å²) in [6, 6.07) is -0.627. The summed E-state index contributed by atoms with van der Waals surface area (Å²) < 4.78 is 5.46. The number of hydrogen-bond donors (Lipinski definition) is 3. The number of nitrogens with one attached hydrogen (secondary N) is 1. The number of aliphatic hydroxyl groups excluding tert-OH is 2. The Morgan fingerprint density at radius 1 is 0.360 bits per heavy atom. The van der Waals surface area contributed by atoms with Gasteiger partial charge in [0.25, 0.3) is 0 Å². The van der Waals surface area contributed by atoms with E-state index in [1.54, 1.807) is 6.08 Å². The van der Waals surface area contributed by atoms with Crippen molar-refractivity contribution in [2.75, 3.05) is 13.2 Å². The van der Waals surface area contributed by atoms with Crippen molar-refractivity contribution in [2.45, 2.75) is 379 Å². The molecule has 0 radical (unpaired) electrons. The van der Waals surface area contributed by atoms with Crippen LogP contribution in [0.5, 0.6) is 0 Å². The largest absolute Gasteiger partial charge is 0.466 e. The zero-order valence-corrected chi connectivity index (χ0v) is 50.5. The summed E-state index contributed by atoms with van der Waals surface area (Å²) in [6.07, 6.45) is 82.2. The monoisotopic (exact) mass is 1050 g/mol. The first-order chi connectivity index (χ1) is 37.0. The molecule has 0 saturated heterocycles. The smallest absolute Gasteiger partial charge is 0.305 e. The minimum Gasteiger partial charge on any atom is -0.466 e. The molecule has 0 aromatic heterocycles. The van der Waals surface area contributed by atoms with E-state index in [4.69, 9.17) is 4.74 Å². The molecule has 0 spiro atoms. The van der Waals surface area contributed by atoms with Crippen LogP contribution in [0.15, 0.2) is 36.5 Å². The second-order valence-corrected chi connectivity index (χ2v) is 23.1. The molecule has 0 saturated carbocycles. The molecule has 75 heavy (non-hydrogen) atoms. The normalized spacial score (nSPS) is 12.7. The van der Waals surface area contributed by atoms with Crippen molar-refractivity contribution in [1.82, 2.24) is 5.32 Å². The molecule has 2 unspecified atom stereocenters. The van der Waals surface area contributed by atoms with Crippen molar-refractivity contribution in [3.63, 3.8) is 0 Å². The van der Waals surface area contributed by atoms with Crippen molar-refractivity contribution in [2.24, 2.45) is 0 Å². The first-order valence-electron chi connectivity index (χ1n) is 33.8. The molecule has 6 nitrogen and oxygen atoms in total. The Morgan fingerprint density at radius 3 is 0.987 bits per heavy atom. The summed E-state index contributed by atoms with van der Waals surface area (Å²) in [4.78, 5) is 24.5. The Morgan fingerprint density at radius 2 is 0.640 bits per heavy atom. The van der Waals surface area contributed by atoms with Crippen LogP contribution in [0.25, 0.3) is 0 Å². The molecule has 0 aliphatic rings. The molecule has 0 rings (SSSR count). The molecule has 0 aliphatic carbocycles. The average Bonchev–Trinajstić information content (AvgIpc) is 3.41. The van der Waals surface area contributed by atoms with Crippen LogP contribution in [0, 0.1) is 0 Å². The molecule has 3 N–H and O–H groups in total. The zero-order chi connectivity index (χ0) is 54.3. The van der Waals surface area contributed by atoms with Gasteiger partial charge in [-0.2, -0.15) is 0 Å². The molecule has 0 heterocycles. The standard InChI is InChI=1S/C69H131NO5/c1-3-5-7-9-11-13-15-16-17-32-35-38-42-45-49-53-57-61-67(72)66(65-71)70-68(73)62-58-54-50-46-43-39-36-33-30-28-26-24-22-20-18-19-21-23-25-27-29-31-34-37-40-44-48-52-56-60-64-75-69(74)63-59-55-51-47-41-14-12-10-8-6-4-2/h10,12,19,21,57,61,66-67,71-72H,3-9,11,13-18,20,22-56,58-60,62-65H2,1-2H3,(H,70,73)/b12-10-,21-19-,61-57+. The molecule has 0 aliphatic heterocycles. The molecule has 2 atom stereocenters. The van der Waals surface area contributed by atoms with E-state index in [0.717, 1.165) is 44.9 Å². The van der Waals surface area contributed by atoms with E-state index in [2.05, 4.69) is 43.5 Å². The number of aliphatic hydroxyl groups is 2. The van der Waals surface area contributed by atoms with Crippen LogP contribution in [0.3, 0.4) is 0 Å². The Hall–Kier alpha value is -1.92. The van der Waals surface area contributed by atoms with Gasteiger partial charge in [-0.3, -0.25) is 9.59 Å². The fourth-order valence-electron chi connectivity index (χ4n) is 10.4. The third-order valence-electron chi connectivity index (χ3n) is 15.6. The van der Waals surface area contributed by atoms with E-state index in [1.807, 2.05) is 6.08 Å². The van der Waals surface area contributed by atoms with Crippen LogP contribution < -0.4 is 5.32 Å². The molecule has 0 bridgehead atoms. The molecular weight excluding hydrogens is 923 g/mol. The molecule has 1 amide bonds. The number of ether oxygens (including phenoxy) is 1. The van der Waals surface area contributed by atoms with Crippen molar-refractivity contribution >= 4 is 11.9 Å².